The predicted octanol–water partition coefficient (Wildman–Crippen LogP) is 3.65. The van der Waals surface area contributed by atoms with Crippen LogP contribution in [-0.4, -0.2) is 14.2 Å². The molecular formula is C16H18FNO3. The van der Waals surface area contributed by atoms with Crippen LogP contribution in [0.4, 0.5) is 4.39 Å². The SMILES string of the molecule is COc1cc(OC)cc(Oc2cccc(F)c2[C@H](C)N)c1. The van der Waals surface area contributed by atoms with Gasteiger partial charge in [-0.2, -0.15) is 0 Å². The fraction of sp³-hybridized carbons (Fsp3) is 0.250. The second kappa shape index (κ2) is 6.45. The lowest BCUT2D eigenvalue weighted by Gasteiger charge is -2.15. The maximum Gasteiger partial charge on any atom is 0.135 e. The Morgan fingerprint density at radius 3 is 2.10 bits per heavy atom. The average Bonchev–Trinajstić information content (AvgIpc) is 2.46. The molecule has 0 fully saturated rings. The first-order valence-electron chi connectivity index (χ1n) is 6.50. The van der Waals surface area contributed by atoms with Crippen LogP contribution in [0.15, 0.2) is 36.4 Å². The lowest BCUT2D eigenvalue weighted by atomic mass is 10.1. The molecular weight excluding hydrogens is 273 g/mol. The van der Waals surface area contributed by atoms with Crippen molar-refractivity contribution < 1.29 is 18.6 Å². The third-order valence-corrected chi connectivity index (χ3v) is 3.02. The quantitative estimate of drug-likeness (QED) is 0.913. The Bertz CT molecular complexity index is 607. The highest BCUT2D eigenvalue weighted by molar-refractivity contribution is 5.46. The first-order chi connectivity index (χ1) is 10.0. The number of benzene rings is 2. The first kappa shape index (κ1) is 15.1. The molecule has 0 unspecified atom stereocenters. The van der Waals surface area contributed by atoms with Gasteiger partial charge in [0.1, 0.15) is 28.8 Å². The Kier molecular flexibility index (Phi) is 4.65. The van der Waals surface area contributed by atoms with Crippen molar-refractivity contribution in [3.63, 3.8) is 0 Å². The third-order valence-electron chi connectivity index (χ3n) is 3.02. The number of hydrogen-bond donors (Lipinski definition) is 1. The van der Waals surface area contributed by atoms with Gasteiger partial charge in [-0.05, 0) is 19.1 Å². The summed E-state index contributed by atoms with van der Waals surface area (Å²) in [5.41, 5.74) is 6.14. The summed E-state index contributed by atoms with van der Waals surface area (Å²) in [7, 11) is 3.10. The van der Waals surface area contributed by atoms with Gasteiger partial charge in [0.2, 0.25) is 0 Å². The van der Waals surface area contributed by atoms with Gasteiger partial charge < -0.3 is 19.9 Å². The molecule has 2 rings (SSSR count). The largest absolute Gasteiger partial charge is 0.496 e. The number of ether oxygens (including phenoxy) is 3. The monoisotopic (exact) mass is 291 g/mol. The van der Waals surface area contributed by atoms with Crippen LogP contribution >= 0.6 is 0 Å². The molecule has 0 aliphatic heterocycles. The number of halogens is 1. The zero-order chi connectivity index (χ0) is 15.4. The van der Waals surface area contributed by atoms with Crippen molar-refractivity contribution in [2.45, 2.75) is 13.0 Å². The second-order valence-electron chi connectivity index (χ2n) is 4.59. The van der Waals surface area contributed by atoms with E-state index in [9.17, 15) is 4.39 Å². The number of rotatable bonds is 5. The van der Waals surface area contributed by atoms with Gasteiger partial charge in [-0.25, -0.2) is 4.39 Å². The number of hydrogen-bond acceptors (Lipinski definition) is 4. The molecule has 0 saturated heterocycles. The van der Waals surface area contributed by atoms with E-state index in [0.29, 0.717) is 28.6 Å². The molecule has 0 heterocycles. The second-order valence-corrected chi connectivity index (χ2v) is 4.59. The van der Waals surface area contributed by atoms with Crippen LogP contribution in [-0.2, 0) is 0 Å². The van der Waals surface area contributed by atoms with Crippen LogP contribution in [0.5, 0.6) is 23.0 Å². The third kappa shape index (κ3) is 3.44. The summed E-state index contributed by atoms with van der Waals surface area (Å²) >= 11 is 0. The van der Waals surface area contributed by atoms with E-state index in [1.165, 1.54) is 6.07 Å². The molecule has 0 radical (unpaired) electrons. The first-order valence-corrected chi connectivity index (χ1v) is 6.50. The maximum atomic E-state index is 13.9. The highest BCUT2D eigenvalue weighted by Gasteiger charge is 2.15. The van der Waals surface area contributed by atoms with Crippen molar-refractivity contribution in [1.29, 1.82) is 0 Å². The molecule has 1 atom stereocenters. The van der Waals surface area contributed by atoms with Gasteiger partial charge in [0.25, 0.3) is 0 Å². The summed E-state index contributed by atoms with van der Waals surface area (Å²) in [6.07, 6.45) is 0. The normalized spacial score (nSPS) is 11.9. The Labute approximate surface area is 123 Å². The zero-order valence-corrected chi connectivity index (χ0v) is 12.2. The summed E-state index contributed by atoms with van der Waals surface area (Å²) in [4.78, 5) is 0. The van der Waals surface area contributed by atoms with Gasteiger partial charge in [-0.3, -0.25) is 0 Å². The average molecular weight is 291 g/mol. The van der Waals surface area contributed by atoms with E-state index < -0.39 is 11.9 Å². The number of methoxy groups -OCH3 is 2. The topological polar surface area (TPSA) is 53.7 Å². The fourth-order valence-corrected chi connectivity index (χ4v) is 2.02. The van der Waals surface area contributed by atoms with Crippen molar-refractivity contribution in [2.24, 2.45) is 5.73 Å². The standard InChI is InChI=1S/C16H18FNO3/c1-10(18)16-14(17)5-4-6-15(16)21-13-8-11(19-2)7-12(9-13)20-3/h4-10H,18H2,1-3H3/t10-/m0/s1. The van der Waals surface area contributed by atoms with Gasteiger partial charge in [-0.15, -0.1) is 0 Å². The van der Waals surface area contributed by atoms with Crippen molar-refractivity contribution >= 4 is 0 Å². The molecule has 0 saturated carbocycles. The van der Waals surface area contributed by atoms with E-state index in [1.807, 2.05) is 0 Å². The van der Waals surface area contributed by atoms with E-state index in [1.54, 1.807) is 51.5 Å². The Morgan fingerprint density at radius 2 is 1.57 bits per heavy atom. The number of nitrogens with two attached hydrogens (primary N) is 1. The van der Waals surface area contributed by atoms with Crippen molar-refractivity contribution in [3.05, 3.63) is 47.8 Å². The molecule has 0 aliphatic carbocycles. The lowest BCUT2D eigenvalue weighted by Crippen LogP contribution is -2.09. The van der Waals surface area contributed by atoms with Crippen LogP contribution in [0.25, 0.3) is 0 Å². The minimum absolute atomic E-state index is 0.333. The van der Waals surface area contributed by atoms with E-state index in [-0.39, 0.29) is 0 Å². The highest BCUT2D eigenvalue weighted by Crippen LogP contribution is 2.34. The molecule has 112 valence electrons. The molecule has 4 nitrogen and oxygen atoms in total. The molecule has 2 aromatic carbocycles. The Morgan fingerprint density at radius 1 is 1.00 bits per heavy atom. The molecule has 0 aliphatic rings. The molecule has 2 N–H and O–H groups in total. The van der Waals surface area contributed by atoms with Crippen LogP contribution in [0.2, 0.25) is 0 Å². The van der Waals surface area contributed by atoms with Gasteiger partial charge in [0.15, 0.2) is 0 Å². The van der Waals surface area contributed by atoms with Gasteiger partial charge in [-0.1, -0.05) is 6.07 Å². The van der Waals surface area contributed by atoms with Crippen LogP contribution in [0, 0.1) is 5.82 Å². The maximum absolute atomic E-state index is 13.9. The predicted molar refractivity (Wildman–Crippen MR) is 78.6 cm³/mol. The smallest absolute Gasteiger partial charge is 0.135 e. The van der Waals surface area contributed by atoms with Crippen molar-refractivity contribution in [2.75, 3.05) is 14.2 Å². The minimum atomic E-state index is -0.478. The molecule has 5 heteroatoms. The van der Waals surface area contributed by atoms with Gasteiger partial charge >= 0.3 is 0 Å². The molecule has 0 spiro atoms. The molecule has 21 heavy (non-hydrogen) atoms. The summed E-state index contributed by atoms with van der Waals surface area (Å²) in [5.74, 6) is 1.64. The van der Waals surface area contributed by atoms with Crippen molar-refractivity contribution in [1.82, 2.24) is 0 Å². The van der Waals surface area contributed by atoms with Gasteiger partial charge in [0.05, 0.1) is 14.2 Å². The molecule has 0 amide bonds. The molecule has 2 aromatic rings. The highest BCUT2D eigenvalue weighted by atomic mass is 19.1. The summed E-state index contributed by atoms with van der Waals surface area (Å²) in [5, 5.41) is 0. The summed E-state index contributed by atoms with van der Waals surface area (Å²) in [6, 6.07) is 9.25. The summed E-state index contributed by atoms with van der Waals surface area (Å²) < 4.78 is 30.0. The van der Waals surface area contributed by atoms with Gasteiger partial charge in [0, 0.05) is 29.8 Å². The van der Waals surface area contributed by atoms with Crippen LogP contribution < -0.4 is 19.9 Å². The van der Waals surface area contributed by atoms with E-state index in [4.69, 9.17) is 19.9 Å². The minimum Gasteiger partial charge on any atom is -0.496 e. The van der Waals surface area contributed by atoms with E-state index >= 15 is 0 Å². The lowest BCUT2D eigenvalue weighted by molar-refractivity contribution is 0.385. The summed E-state index contributed by atoms with van der Waals surface area (Å²) in [6.45, 7) is 1.71. The van der Waals surface area contributed by atoms with Crippen LogP contribution in [0.3, 0.4) is 0 Å². The fourth-order valence-electron chi connectivity index (χ4n) is 2.02. The Hall–Kier alpha value is -2.27. The van der Waals surface area contributed by atoms with E-state index in [0.717, 1.165) is 0 Å². The van der Waals surface area contributed by atoms with Crippen molar-refractivity contribution in [3.8, 4) is 23.0 Å². The Balaban J connectivity index is 2.40. The zero-order valence-electron chi connectivity index (χ0n) is 12.2. The molecule has 0 aromatic heterocycles. The molecule has 0 bridgehead atoms. The van der Waals surface area contributed by atoms with Crippen LogP contribution in [0.1, 0.15) is 18.5 Å². The van der Waals surface area contributed by atoms with E-state index in [2.05, 4.69) is 0 Å².